The van der Waals surface area contributed by atoms with E-state index in [1.165, 1.54) is 29.8 Å². The van der Waals surface area contributed by atoms with Crippen molar-refractivity contribution in [1.82, 2.24) is 14.7 Å². The van der Waals surface area contributed by atoms with Crippen LogP contribution in [-0.2, 0) is 6.42 Å². The summed E-state index contributed by atoms with van der Waals surface area (Å²) in [5.41, 5.74) is 6.56. The first-order valence-corrected chi connectivity index (χ1v) is 12.1. The molecule has 32 heavy (non-hydrogen) atoms. The molecule has 174 valence electrons. The van der Waals surface area contributed by atoms with Crippen LogP contribution in [0, 0.1) is 11.7 Å². The van der Waals surface area contributed by atoms with Crippen LogP contribution in [0.4, 0.5) is 4.39 Å². The molecule has 0 saturated heterocycles. The molecule has 0 fully saturated rings. The number of hydrogen-bond donors (Lipinski definition) is 2. The molecule has 6 heteroatoms. The monoisotopic (exact) mass is 441 g/mol. The van der Waals surface area contributed by atoms with Crippen LogP contribution in [-0.4, -0.2) is 57.2 Å². The van der Waals surface area contributed by atoms with E-state index in [0.717, 1.165) is 37.8 Å². The van der Waals surface area contributed by atoms with Crippen molar-refractivity contribution in [2.75, 3.05) is 26.3 Å². The molecule has 0 amide bonds. The normalized spacial score (nSPS) is 21.2. The van der Waals surface area contributed by atoms with E-state index in [0.29, 0.717) is 31.0 Å². The fraction of sp³-hybridized carbons (Fsp3) is 0.577. The van der Waals surface area contributed by atoms with Gasteiger partial charge in [0.1, 0.15) is 5.82 Å². The highest BCUT2D eigenvalue weighted by Gasteiger charge is 2.37. The predicted molar refractivity (Wildman–Crippen MR) is 124 cm³/mol. The first-order valence-electron chi connectivity index (χ1n) is 12.1. The molecule has 2 aromatic rings. The molecule has 1 unspecified atom stereocenters. The molecule has 1 aromatic heterocycles. The number of aliphatic hydroxyl groups is 2. The molecule has 0 radical (unpaired) electrons. The number of halogens is 1. The predicted octanol–water partition coefficient (Wildman–Crippen LogP) is 4.22. The van der Waals surface area contributed by atoms with Gasteiger partial charge < -0.3 is 10.2 Å². The van der Waals surface area contributed by atoms with E-state index in [9.17, 15) is 14.6 Å². The van der Waals surface area contributed by atoms with E-state index >= 15 is 0 Å². The summed E-state index contributed by atoms with van der Waals surface area (Å²) in [6, 6.07) is 6.95. The maximum absolute atomic E-state index is 13.4. The second-order valence-corrected chi connectivity index (χ2v) is 9.29. The summed E-state index contributed by atoms with van der Waals surface area (Å²) in [5, 5.41) is 23.7. The zero-order valence-electron chi connectivity index (χ0n) is 19.3. The molecular formula is C26H36FN3O2. The van der Waals surface area contributed by atoms with Gasteiger partial charge in [0.15, 0.2) is 0 Å². The van der Waals surface area contributed by atoms with Gasteiger partial charge in [-0.3, -0.25) is 4.90 Å². The van der Waals surface area contributed by atoms with E-state index in [4.69, 9.17) is 0 Å². The first kappa shape index (κ1) is 23.1. The van der Waals surface area contributed by atoms with Gasteiger partial charge >= 0.3 is 0 Å². The van der Waals surface area contributed by atoms with E-state index in [1.54, 1.807) is 23.3 Å². The molecule has 0 spiro atoms. The van der Waals surface area contributed by atoms with E-state index in [-0.39, 0.29) is 19.0 Å². The SMILES string of the molecule is CCCC(C[C@H]1CCC2=C1[C@@H](C)c1cnn(-c3ccc(F)cc3)c1C2)N(CCO)CCO. The maximum atomic E-state index is 13.4. The minimum Gasteiger partial charge on any atom is -0.395 e. The number of rotatable bonds is 10. The minimum absolute atomic E-state index is 0.126. The second-order valence-electron chi connectivity index (χ2n) is 9.29. The van der Waals surface area contributed by atoms with Gasteiger partial charge in [-0.2, -0.15) is 5.10 Å². The third-order valence-electron chi connectivity index (χ3n) is 7.40. The van der Waals surface area contributed by atoms with E-state index < -0.39 is 0 Å². The number of fused-ring (bicyclic) bond motifs is 1. The van der Waals surface area contributed by atoms with Gasteiger partial charge in [-0.05, 0) is 55.9 Å². The van der Waals surface area contributed by atoms with Crippen molar-refractivity contribution < 1.29 is 14.6 Å². The number of hydrogen-bond acceptors (Lipinski definition) is 4. The number of allylic oxidation sites excluding steroid dienone is 2. The molecule has 1 aromatic carbocycles. The van der Waals surface area contributed by atoms with Crippen molar-refractivity contribution in [3.63, 3.8) is 0 Å². The molecule has 4 rings (SSSR count). The minimum atomic E-state index is -0.232. The van der Waals surface area contributed by atoms with Gasteiger partial charge in [-0.1, -0.05) is 31.4 Å². The first-order chi connectivity index (χ1) is 15.6. The second kappa shape index (κ2) is 10.3. The largest absolute Gasteiger partial charge is 0.395 e. The standard InChI is InChI=1S/C26H36FN3O2/c1-3-4-23(29(11-13-31)12-14-32)15-19-5-6-20-16-25-24(18(2)26(19)20)17-28-30(25)22-9-7-21(27)8-10-22/h7-10,17-19,23,31-32H,3-6,11-16H2,1-2H3/t18-,19+,23?/m0/s1. The molecule has 2 N–H and O–H groups in total. The summed E-state index contributed by atoms with van der Waals surface area (Å²) in [6.07, 6.45) is 8.47. The average molecular weight is 442 g/mol. The van der Waals surface area contributed by atoms with Crippen LogP contribution in [0.2, 0.25) is 0 Å². The smallest absolute Gasteiger partial charge is 0.123 e. The van der Waals surface area contributed by atoms with Crippen LogP contribution in [0.3, 0.4) is 0 Å². The van der Waals surface area contributed by atoms with Crippen LogP contribution in [0.25, 0.3) is 5.69 Å². The molecule has 5 nitrogen and oxygen atoms in total. The Morgan fingerprint density at radius 1 is 1.19 bits per heavy atom. The molecule has 0 bridgehead atoms. The van der Waals surface area contributed by atoms with Crippen LogP contribution in [0.15, 0.2) is 41.6 Å². The maximum Gasteiger partial charge on any atom is 0.123 e. The van der Waals surface area contributed by atoms with Gasteiger partial charge in [0.25, 0.3) is 0 Å². The Morgan fingerprint density at radius 3 is 2.56 bits per heavy atom. The summed E-state index contributed by atoms with van der Waals surface area (Å²) in [4.78, 5) is 2.27. The zero-order chi connectivity index (χ0) is 22.7. The Labute approximate surface area is 190 Å². The molecule has 0 saturated carbocycles. The van der Waals surface area contributed by atoms with Crippen molar-refractivity contribution in [1.29, 1.82) is 0 Å². The van der Waals surface area contributed by atoms with Gasteiger partial charge in [0.2, 0.25) is 0 Å². The number of benzene rings is 1. The summed E-state index contributed by atoms with van der Waals surface area (Å²) < 4.78 is 15.4. The molecule has 1 heterocycles. The van der Waals surface area contributed by atoms with Gasteiger partial charge in [0, 0.05) is 37.0 Å². The fourth-order valence-electron chi connectivity index (χ4n) is 5.98. The highest BCUT2D eigenvalue weighted by atomic mass is 19.1. The quantitative estimate of drug-likeness (QED) is 0.542. The third kappa shape index (κ3) is 4.54. The van der Waals surface area contributed by atoms with E-state index in [2.05, 4.69) is 23.8 Å². The van der Waals surface area contributed by atoms with Gasteiger partial charge in [-0.25, -0.2) is 9.07 Å². The Hall–Kier alpha value is -2.02. The number of nitrogens with zero attached hydrogens (tertiary/aromatic N) is 3. The summed E-state index contributed by atoms with van der Waals surface area (Å²) >= 11 is 0. The molecular weight excluding hydrogens is 405 g/mol. The van der Waals surface area contributed by atoms with Crippen LogP contribution in [0.5, 0.6) is 0 Å². The lowest BCUT2D eigenvalue weighted by Gasteiger charge is -2.35. The Bertz CT molecular complexity index is 931. The summed E-state index contributed by atoms with van der Waals surface area (Å²) in [6.45, 7) is 6.00. The molecule has 2 aliphatic rings. The third-order valence-corrected chi connectivity index (χ3v) is 7.40. The Morgan fingerprint density at radius 2 is 1.91 bits per heavy atom. The Kier molecular flexibility index (Phi) is 7.44. The lowest BCUT2D eigenvalue weighted by molar-refractivity contribution is 0.104. The van der Waals surface area contributed by atoms with Crippen molar-refractivity contribution in [3.05, 3.63) is 58.7 Å². The van der Waals surface area contributed by atoms with Crippen molar-refractivity contribution in [3.8, 4) is 5.69 Å². The zero-order valence-corrected chi connectivity index (χ0v) is 19.3. The van der Waals surface area contributed by atoms with Crippen LogP contribution >= 0.6 is 0 Å². The highest BCUT2D eigenvalue weighted by molar-refractivity contribution is 5.47. The lowest BCUT2D eigenvalue weighted by Crippen LogP contribution is -2.40. The van der Waals surface area contributed by atoms with Crippen molar-refractivity contribution >= 4 is 0 Å². The van der Waals surface area contributed by atoms with Crippen molar-refractivity contribution in [2.24, 2.45) is 5.92 Å². The highest BCUT2D eigenvalue weighted by Crippen LogP contribution is 2.49. The Balaban J connectivity index is 1.56. The van der Waals surface area contributed by atoms with E-state index in [1.807, 2.05) is 10.9 Å². The molecule has 3 atom stereocenters. The van der Waals surface area contributed by atoms with Crippen LogP contribution in [0.1, 0.15) is 63.1 Å². The van der Waals surface area contributed by atoms with Crippen molar-refractivity contribution in [2.45, 2.75) is 64.3 Å². The van der Waals surface area contributed by atoms with Crippen LogP contribution < -0.4 is 0 Å². The number of aromatic nitrogens is 2. The number of aliphatic hydroxyl groups excluding tert-OH is 2. The van der Waals surface area contributed by atoms with Gasteiger partial charge in [-0.15, -0.1) is 0 Å². The lowest BCUT2D eigenvalue weighted by atomic mass is 9.78. The molecule has 0 aliphatic heterocycles. The average Bonchev–Trinajstić information content (AvgIpc) is 3.39. The summed E-state index contributed by atoms with van der Waals surface area (Å²) in [7, 11) is 0. The molecule has 2 aliphatic carbocycles. The summed E-state index contributed by atoms with van der Waals surface area (Å²) in [5.74, 6) is 0.644. The van der Waals surface area contributed by atoms with Gasteiger partial charge in [0.05, 0.1) is 30.8 Å². The fourth-order valence-corrected chi connectivity index (χ4v) is 5.98. The topological polar surface area (TPSA) is 61.5 Å².